The first-order chi connectivity index (χ1) is 11.7. The summed E-state index contributed by atoms with van der Waals surface area (Å²) < 4.78 is 10.6. The summed E-state index contributed by atoms with van der Waals surface area (Å²) in [6, 6.07) is 9.38. The monoisotopic (exact) mass is 350 g/mol. The zero-order chi connectivity index (χ0) is 18.4. The van der Waals surface area contributed by atoms with E-state index < -0.39 is 23.9 Å². The van der Waals surface area contributed by atoms with E-state index >= 15 is 0 Å². The fourth-order valence-electron chi connectivity index (χ4n) is 2.46. The number of β-amino-alcohol motifs (C(OH)–C–C–N with tert-alkyl or cyclic N) is 1. The lowest BCUT2D eigenvalue weighted by Crippen LogP contribution is -2.41. The van der Waals surface area contributed by atoms with E-state index in [1.807, 2.05) is 30.3 Å². The molecule has 138 valence electrons. The van der Waals surface area contributed by atoms with Gasteiger partial charge in [0.1, 0.15) is 12.2 Å². The summed E-state index contributed by atoms with van der Waals surface area (Å²) in [5, 5.41) is 10.1. The van der Waals surface area contributed by atoms with Gasteiger partial charge in [-0.25, -0.2) is 9.59 Å². The molecule has 1 fully saturated rings. The molecule has 1 atom stereocenters. The average Bonchev–Trinajstić information content (AvgIpc) is 2.74. The number of rotatable bonds is 2. The number of nitrogens with zero attached hydrogens (tertiary/aromatic N) is 2. The Morgan fingerprint density at radius 1 is 1.08 bits per heavy atom. The van der Waals surface area contributed by atoms with Crippen LogP contribution in [0.3, 0.4) is 0 Å². The molecular formula is C18H26N2O5. The Labute approximate surface area is 148 Å². The van der Waals surface area contributed by atoms with Crippen LogP contribution in [0.25, 0.3) is 0 Å². The van der Waals surface area contributed by atoms with E-state index in [9.17, 15) is 14.7 Å². The van der Waals surface area contributed by atoms with Gasteiger partial charge in [-0.15, -0.1) is 0 Å². The first kappa shape index (κ1) is 19.1. The largest absolute Gasteiger partial charge is 0.445 e. The fourth-order valence-corrected chi connectivity index (χ4v) is 2.46. The van der Waals surface area contributed by atoms with Crippen molar-refractivity contribution in [3.8, 4) is 0 Å². The predicted octanol–water partition coefficient (Wildman–Crippen LogP) is 2.24. The molecule has 1 heterocycles. The first-order valence-corrected chi connectivity index (χ1v) is 8.36. The first-order valence-electron chi connectivity index (χ1n) is 8.36. The zero-order valence-corrected chi connectivity index (χ0v) is 15.0. The van der Waals surface area contributed by atoms with Crippen molar-refractivity contribution in [1.82, 2.24) is 9.80 Å². The molecule has 7 heteroatoms. The fraction of sp³-hybridized carbons (Fsp3) is 0.556. The summed E-state index contributed by atoms with van der Waals surface area (Å²) in [5.41, 5.74) is 0.282. The Bertz CT molecular complexity index is 585. The molecule has 1 N–H and O–H groups in total. The van der Waals surface area contributed by atoms with Crippen molar-refractivity contribution in [3.05, 3.63) is 35.9 Å². The lowest BCUT2D eigenvalue weighted by molar-refractivity contribution is 0.0186. The Morgan fingerprint density at radius 3 is 2.20 bits per heavy atom. The van der Waals surface area contributed by atoms with Crippen LogP contribution in [0.1, 0.15) is 26.3 Å². The van der Waals surface area contributed by atoms with Gasteiger partial charge in [-0.1, -0.05) is 30.3 Å². The van der Waals surface area contributed by atoms with Crippen LogP contribution in [0, 0.1) is 0 Å². The highest BCUT2D eigenvalue weighted by Crippen LogP contribution is 2.13. The number of aliphatic hydroxyl groups is 1. The van der Waals surface area contributed by atoms with Crippen molar-refractivity contribution in [2.75, 3.05) is 26.2 Å². The number of carbonyl (C=O) groups is 2. The number of ether oxygens (including phenoxy) is 2. The molecule has 2 rings (SSSR count). The summed E-state index contributed by atoms with van der Waals surface area (Å²) >= 11 is 0. The second kappa shape index (κ2) is 8.20. The normalized spacial score (nSPS) is 18.5. The molecule has 0 saturated carbocycles. The number of hydrogen-bond acceptors (Lipinski definition) is 5. The van der Waals surface area contributed by atoms with Crippen molar-refractivity contribution in [1.29, 1.82) is 0 Å². The van der Waals surface area contributed by atoms with Gasteiger partial charge in [0, 0.05) is 13.1 Å². The van der Waals surface area contributed by atoms with Gasteiger partial charge in [-0.2, -0.15) is 0 Å². The summed E-state index contributed by atoms with van der Waals surface area (Å²) in [6.07, 6.45) is -1.85. The maximum absolute atomic E-state index is 12.2. The molecule has 0 radical (unpaired) electrons. The van der Waals surface area contributed by atoms with Gasteiger partial charge in [0.25, 0.3) is 0 Å². The third-order valence-corrected chi connectivity index (χ3v) is 3.62. The lowest BCUT2D eigenvalue weighted by atomic mass is 10.2. The highest BCUT2D eigenvalue weighted by atomic mass is 16.6. The second-order valence-electron chi connectivity index (χ2n) is 7.07. The molecule has 1 unspecified atom stereocenters. The third kappa shape index (κ3) is 6.26. The maximum atomic E-state index is 12.2. The molecule has 0 spiro atoms. The van der Waals surface area contributed by atoms with Gasteiger partial charge < -0.3 is 24.4 Å². The smallest absolute Gasteiger partial charge is 0.410 e. The molecule has 25 heavy (non-hydrogen) atoms. The van der Waals surface area contributed by atoms with Crippen molar-refractivity contribution in [2.24, 2.45) is 0 Å². The van der Waals surface area contributed by atoms with Gasteiger partial charge in [0.05, 0.1) is 19.2 Å². The van der Waals surface area contributed by atoms with Gasteiger partial charge in [-0.05, 0) is 26.3 Å². The molecule has 0 aromatic heterocycles. The quantitative estimate of drug-likeness (QED) is 0.885. The van der Waals surface area contributed by atoms with Gasteiger partial charge in [0.15, 0.2) is 0 Å². The van der Waals surface area contributed by atoms with Crippen molar-refractivity contribution < 1.29 is 24.2 Å². The van der Waals surface area contributed by atoms with Crippen LogP contribution in [0.15, 0.2) is 30.3 Å². The van der Waals surface area contributed by atoms with Crippen LogP contribution >= 0.6 is 0 Å². The molecule has 2 amide bonds. The molecule has 7 nitrogen and oxygen atoms in total. The lowest BCUT2D eigenvalue weighted by Gasteiger charge is -2.26. The van der Waals surface area contributed by atoms with Gasteiger partial charge in [-0.3, -0.25) is 0 Å². The summed E-state index contributed by atoms with van der Waals surface area (Å²) in [5.74, 6) is 0. The van der Waals surface area contributed by atoms with Crippen LogP contribution in [0.5, 0.6) is 0 Å². The van der Waals surface area contributed by atoms with Crippen molar-refractivity contribution >= 4 is 12.2 Å². The second-order valence-corrected chi connectivity index (χ2v) is 7.07. The Balaban J connectivity index is 1.89. The van der Waals surface area contributed by atoms with Crippen molar-refractivity contribution in [3.63, 3.8) is 0 Å². The van der Waals surface area contributed by atoms with Crippen LogP contribution in [-0.4, -0.2) is 65.0 Å². The number of carbonyl (C=O) groups excluding carboxylic acids is 2. The molecular weight excluding hydrogens is 324 g/mol. The topological polar surface area (TPSA) is 79.3 Å². The predicted molar refractivity (Wildman–Crippen MR) is 92.0 cm³/mol. The molecule has 1 aliphatic rings. The molecule has 1 aromatic carbocycles. The molecule has 0 aliphatic carbocycles. The summed E-state index contributed by atoms with van der Waals surface area (Å²) in [4.78, 5) is 27.2. The highest BCUT2D eigenvalue weighted by Gasteiger charge is 2.30. The molecule has 0 bridgehead atoms. The van der Waals surface area contributed by atoms with E-state index in [1.54, 1.807) is 20.8 Å². The van der Waals surface area contributed by atoms with E-state index in [0.717, 1.165) is 5.56 Å². The molecule has 1 aliphatic heterocycles. The zero-order valence-electron chi connectivity index (χ0n) is 15.0. The SMILES string of the molecule is CC(C)(C)OC(=O)N1CCN(C(=O)OCc2ccccc2)CC(O)C1. The Hall–Kier alpha value is -2.28. The average molecular weight is 350 g/mol. The summed E-state index contributed by atoms with van der Waals surface area (Å²) in [6.45, 7) is 6.33. The minimum Gasteiger partial charge on any atom is -0.445 e. The highest BCUT2D eigenvalue weighted by molar-refractivity contribution is 5.70. The van der Waals surface area contributed by atoms with Crippen LogP contribution in [0.2, 0.25) is 0 Å². The van der Waals surface area contributed by atoms with E-state index in [4.69, 9.17) is 9.47 Å². The van der Waals surface area contributed by atoms with Crippen molar-refractivity contribution in [2.45, 2.75) is 39.1 Å². The van der Waals surface area contributed by atoms with Crippen LogP contribution in [-0.2, 0) is 16.1 Å². The minimum absolute atomic E-state index is 0.118. The number of aliphatic hydroxyl groups excluding tert-OH is 1. The van der Waals surface area contributed by atoms with E-state index in [-0.39, 0.29) is 32.8 Å². The number of amides is 2. The molecule has 1 aromatic rings. The Morgan fingerprint density at radius 2 is 1.64 bits per heavy atom. The summed E-state index contributed by atoms with van der Waals surface area (Å²) in [7, 11) is 0. The standard InChI is InChI=1S/C18H26N2O5/c1-18(2,3)25-17(23)20-10-9-19(11-15(21)12-20)16(22)24-13-14-7-5-4-6-8-14/h4-8,15,21H,9-13H2,1-3H3. The van der Waals surface area contributed by atoms with E-state index in [1.165, 1.54) is 9.80 Å². The van der Waals surface area contributed by atoms with Gasteiger partial charge in [0.2, 0.25) is 0 Å². The van der Waals surface area contributed by atoms with Crippen LogP contribution in [0.4, 0.5) is 9.59 Å². The van der Waals surface area contributed by atoms with Crippen LogP contribution < -0.4 is 0 Å². The van der Waals surface area contributed by atoms with E-state index in [0.29, 0.717) is 0 Å². The molecule has 1 saturated heterocycles. The maximum Gasteiger partial charge on any atom is 0.410 e. The third-order valence-electron chi connectivity index (χ3n) is 3.62. The Kier molecular flexibility index (Phi) is 6.25. The van der Waals surface area contributed by atoms with E-state index in [2.05, 4.69) is 0 Å². The van der Waals surface area contributed by atoms with Gasteiger partial charge >= 0.3 is 12.2 Å². The number of benzene rings is 1. The minimum atomic E-state index is -0.848. The number of hydrogen-bond donors (Lipinski definition) is 1.